The van der Waals surface area contributed by atoms with E-state index in [9.17, 15) is 8.42 Å². The molecule has 2 aliphatic rings. The van der Waals surface area contributed by atoms with Crippen LogP contribution in [-0.2, 0) is 26.9 Å². The fourth-order valence-electron chi connectivity index (χ4n) is 6.37. The van der Waals surface area contributed by atoms with Crippen molar-refractivity contribution in [1.29, 1.82) is 0 Å². The highest BCUT2D eigenvalue weighted by molar-refractivity contribution is 7.93. The van der Waals surface area contributed by atoms with Crippen LogP contribution in [0.25, 0.3) is 0 Å². The van der Waals surface area contributed by atoms with Gasteiger partial charge < -0.3 is 19.2 Å². The highest BCUT2D eigenvalue weighted by Crippen LogP contribution is 2.56. The standard InChI is InChI=1S/C32H33ClN4O6S/c1-4-34-20-21-7-13-25(29(18-21)42-3)32(36-16-5-6-28(36)30-35-15-17-43-30)26-19-22(33)8-14-27(26)37(31(32)38)44(39,40)24-11-9-23(41-2)10-12-24/h7-15,17-19,28,34H,4-6,16,20H2,1-3H3/t28-,32?/m0/s1. The van der Waals surface area contributed by atoms with Crippen molar-refractivity contribution < 1.29 is 27.1 Å². The SMILES string of the molecule is CCNCc1ccc(C2(N3CCC[C@H]3c3ncco3)C(=O)N(S(=O)(=O)c3ccc(OC)cc3)c3ccc(Cl)cc32)c(OC)c1. The summed E-state index contributed by atoms with van der Waals surface area (Å²) in [5, 5.41) is 3.67. The van der Waals surface area contributed by atoms with E-state index in [1.165, 1.54) is 25.5 Å². The molecule has 1 fully saturated rings. The molecular formula is C32H33ClN4O6S. The zero-order valence-electron chi connectivity index (χ0n) is 24.6. The first-order valence-electron chi connectivity index (χ1n) is 14.4. The number of fused-ring (bicyclic) bond motifs is 1. The summed E-state index contributed by atoms with van der Waals surface area (Å²) in [6, 6.07) is 16.0. The second-order valence-corrected chi connectivity index (χ2v) is 12.9. The molecule has 1 unspecified atom stereocenters. The quantitative estimate of drug-likeness (QED) is 0.249. The van der Waals surface area contributed by atoms with Gasteiger partial charge in [-0.3, -0.25) is 9.69 Å². The van der Waals surface area contributed by atoms with E-state index in [0.717, 1.165) is 22.8 Å². The van der Waals surface area contributed by atoms with Gasteiger partial charge in [0.15, 0.2) is 5.54 Å². The predicted molar refractivity (Wildman–Crippen MR) is 165 cm³/mol. The Morgan fingerprint density at radius 2 is 1.86 bits per heavy atom. The Balaban J connectivity index is 1.63. The molecule has 6 rings (SSSR count). The number of nitrogens with zero attached hydrogens (tertiary/aromatic N) is 3. The summed E-state index contributed by atoms with van der Waals surface area (Å²) in [6.45, 7) is 3.86. The van der Waals surface area contributed by atoms with Crippen LogP contribution in [0.1, 0.15) is 48.4 Å². The average Bonchev–Trinajstić information content (AvgIpc) is 3.79. The predicted octanol–water partition coefficient (Wildman–Crippen LogP) is 5.27. The number of likely N-dealkylation sites (tertiary alicyclic amines) is 1. The summed E-state index contributed by atoms with van der Waals surface area (Å²) in [5.74, 6) is 0.715. The van der Waals surface area contributed by atoms with Crippen LogP contribution in [0.15, 0.2) is 82.4 Å². The van der Waals surface area contributed by atoms with Crippen LogP contribution in [0, 0.1) is 0 Å². The van der Waals surface area contributed by atoms with Gasteiger partial charge in [-0.2, -0.15) is 0 Å². The first-order chi connectivity index (χ1) is 21.3. The first kappa shape index (κ1) is 30.1. The normalized spacial score (nSPS) is 20.2. The lowest BCUT2D eigenvalue weighted by molar-refractivity contribution is -0.127. The largest absolute Gasteiger partial charge is 0.497 e. The molecule has 0 radical (unpaired) electrons. The van der Waals surface area contributed by atoms with Gasteiger partial charge in [-0.05, 0) is 73.5 Å². The van der Waals surface area contributed by atoms with E-state index < -0.39 is 27.5 Å². The van der Waals surface area contributed by atoms with E-state index in [4.69, 9.17) is 25.5 Å². The van der Waals surface area contributed by atoms with Crippen molar-refractivity contribution in [2.24, 2.45) is 0 Å². The number of hydrogen-bond donors (Lipinski definition) is 1. The second kappa shape index (κ2) is 11.9. The molecule has 3 aromatic carbocycles. The number of anilines is 1. The van der Waals surface area contributed by atoms with Gasteiger partial charge in [0.2, 0.25) is 5.89 Å². The fourth-order valence-corrected chi connectivity index (χ4v) is 8.00. The molecule has 230 valence electrons. The Hall–Kier alpha value is -3.90. The average molecular weight is 637 g/mol. The van der Waals surface area contributed by atoms with Crippen LogP contribution >= 0.6 is 11.6 Å². The van der Waals surface area contributed by atoms with Crippen molar-refractivity contribution in [3.63, 3.8) is 0 Å². The van der Waals surface area contributed by atoms with Gasteiger partial charge >= 0.3 is 0 Å². The van der Waals surface area contributed by atoms with Crippen molar-refractivity contribution in [2.45, 2.75) is 42.8 Å². The van der Waals surface area contributed by atoms with Gasteiger partial charge in [-0.1, -0.05) is 30.7 Å². The van der Waals surface area contributed by atoms with Crippen molar-refractivity contribution in [3.05, 3.63) is 101 Å². The summed E-state index contributed by atoms with van der Waals surface area (Å²) >= 11 is 6.61. The molecule has 2 atom stereocenters. The zero-order valence-corrected chi connectivity index (χ0v) is 26.2. The maximum Gasteiger partial charge on any atom is 0.271 e. The first-order valence-corrected chi connectivity index (χ1v) is 16.2. The van der Waals surface area contributed by atoms with Gasteiger partial charge in [-0.25, -0.2) is 17.7 Å². The third kappa shape index (κ3) is 4.75. The molecule has 1 N–H and O–H groups in total. The number of carbonyl (C=O) groups excluding carboxylic acids is 1. The highest BCUT2D eigenvalue weighted by Gasteiger charge is 2.62. The van der Waals surface area contributed by atoms with Gasteiger partial charge in [0.25, 0.3) is 15.9 Å². The van der Waals surface area contributed by atoms with Crippen molar-refractivity contribution in [2.75, 3.05) is 31.6 Å². The fraction of sp³-hybridized carbons (Fsp3) is 0.312. The minimum atomic E-state index is -4.39. The Morgan fingerprint density at radius 1 is 1.07 bits per heavy atom. The molecule has 2 aliphatic heterocycles. The van der Waals surface area contributed by atoms with E-state index in [0.29, 0.717) is 53.0 Å². The molecule has 10 nitrogen and oxygen atoms in total. The summed E-state index contributed by atoms with van der Waals surface area (Å²) < 4.78 is 46.7. The molecule has 1 amide bonds. The molecule has 0 spiro atoms. The summed E-state index contributed by atoms with van der Waals surface area (Å²) in [7, 11) is -1.35. The number of aromatic nitrogens is 1. The molecule has 0 aliphatic carbocycles. The zero-order chi connectivity index (χ0) is 31.1. The third-order valence-electron chi connectivity index (χ3n) is 8.31. The van der Waals surface area contributed by atoms with Crippen LogP contribution < -0.4 is 19.1 Å². The number of oxazole rings is 1. The van der Waals surface area contributed by atoms with Gasteiger partial charge in [0.1, 0.15) is 17.8 Å². The molecule has 0 saturated carbocycles. The van der Waals surface area contributed by atoms with Gasteiger partial charge in [-0.15, -0.1) is 0 Å². The van der Waals surface area contributed by atoms with E-state index in [2.05, 4.69) is 10.3 Å². The van der Waals surface area contributed by atoms with Crippen molar-refractivity contribution in [3.8, 4) is 11.5 Å². The minimum absolute atomic E-state index is 0.0537. The topological polar surface area (TPSA) is 114 Å². The third-order valence-corrected chi connectivity index (χ3v) is 10.3. The van der Waals surface area contributed by atoms with Crippen molar-refractivity contribution in [1.82, 2.24) is 15.2 Å². The van der Waals surface area contributed by atoms with Crippen LogP contribution in [0.3, 0.4) is 0 Å². The smallest absolute Gasteiger partial charge is 0.271 e. The molecule has 1 saturated heterocycles. The summed E-state index contributed by atoms with van der Waals surface area (Å²) in [4.78, 5) is 21.7. The Bertz CT molecular complexity index is 1780. The van der Waals surface area contributed by atoms with E-state index in [1.807, 2.05) is 30.0 Å². The number of halogens is 1. The van der Waals surface area contributed by atoms with E-state index in [-0.39, 0.29) is 10.6 Å². The minimum Gasteiger partial charge on any atom is -0.497 e. The van der Waals surface area contributed by atoms with Crippen LogP contribution in [0.4, 0.5) is 5.69 Å². The molecule has 1 aromatic heterocycles. The molecule has 12 heteroatoms. The van der Waals surface area contributed by atoms with Crippen LogP contribution in [0.5, 0.6) is 11.5 Å². The maximum absolute atomic E-state index is 15.3. The maximum atomic E-state index is 15.3. The Kier molecular flexibility index (Phi) is 8.14. The Labute approximate surface area is 261 Å². The van der Waals surface area contributed by atoms with Gasteiger partial charge in [0.05, 0.1) is 37.0 Å². The molecule has 4 aromatic rings. The van der Waals surface area contributed by atoms with Crippen LogP contribution in [0.2, 0.25) is 5.02 Å². The van der Waals surface area contributed by atoms with Crippen LogP contribution in [-0.4, -0.2) is 51.5 Å². The molecule has 44 heavy (non-hydrogen) atoms. The monoisotopic (exact) mass is 636 g/mol. The van der Waals surface area contributed by atoms with E-state index >= 15 is 4.79 Å². The van der Waals surface area contributed by atoms with Crippen molar-refractivity contribution >= 4 is 33.2 Å². The summed E-state index contributed by atoms with van der Waals surface area (Å²) in [5.41, 5.74) is 0.458. The van der Waals surface area contributed by atoms with E-state index in [1.54, 1.807) is 43.6 Å². The second-order valence-electron chi connectivity index (χ2n) is 10.7. The lowest BCUT2D eigenvalue weighted by atomic mass is 9.80. The number of benzene rings is 3. The highest BCUT2D eigenvalue weighted by atomic mass is 35.5. The number of methoxy groups -OCH3 is 2. The number of amides is 1. The number of sulfonamides is 1. The number of rotatable bonds is 10. The summed E-state index contributed by atoms with van der Waals surface area (Å²) in [6.07, 6.45) is 4.44. The number of nitrogens with one attached hydrogen (secondary N) is 1. The number of hydrogen-bond acceptors (Lipinski definition) is 9. The number of ether oxygens (including phenoxy) is 2. The molecular weight excluding hydrogens is 604 g/mol. The number of carbonyl (C=O) groups is 1. The lowest BCUT2D eigenvalue weighted by Crippen LogP contribution is -2.54. The Morgan fingerprint density at radius 3 is 2.55 bits per heavy atom. The lowest BCUT2D eigenvalue weighted by Gasteiger charge is -2.41. The molecule has 0 bridgehead atoms. The van der Waals surface area contributed by atoms with Gasteiger partial charge in [0, 0.05) is 29.2 Å². The molecule has 3 heterocycles.